The molecular formula is C14H22N4OS. The average Bonchev–Trinajstić information content (AvgIpc) is 2.71. The minimum absolute atomic E-state index is 0.00592. The number of hydrogen-bond donors (Lipinski definition) is 1. The maximum absolute atomic E-state index is 12.3. The third-order valence-electron chi connectivity index (χ3n) is 4.07. The van der Waals surface area contributed by atoms with E-state index in [0.717, 1.165) is 50.6 Å². The van der Waals surface area contributed by atoms with Crippen LogP contribution in [0.5, 0.6) is 0 Å². The van der Waals surface area contributed by atoms with Crippen molar-refractivity contribution in [2.24, 2.45) is 0 Å². The zero-order chi connectivity index (χ0) is 13.9. The van der Waals surface area contributed by atoms with Crippen LogP contribution in [-0.2, 0) is 12.8 Å². The second-order valence-electron chi connectivity index (χ2n) is 5.67. The molecule has 2 heterocycles. The maximum Gasteiger partial charge on any atom is 0.323 e. The number of nitrogens with one attached hydrogen (secondary N) is 1. The van der Waals surface area contributed by atoms with Crippen LogP contribution in [0.15, 0.2) is 0 Å². The van der Waals surface area contributed by atoms with E-state index in [2.05, 4.69) is 22.2 Å². The molecule has 1 fully saturated rings. The van der Waals surface area contributed by atoms with Gasteiger partial charge in [0, 0.05) is 24.5 Å². The van der Waals surface area contributed by atoms with Crippen LogP contribution in [0.4, 0.5) is 9.93 Å². The van der Waals surface area contributed by atoms with Crippen LogP contribution < -0.4 is 5.32 Å². The van der Waals surface area contributed by atoms with Crippen molar-refractivity contribution in [3.8, 4) is 0 Å². The number of aryl methyl sites for hydroxylation is 2. The molecule has 110 valence electrons. The van der Waals surface area contributed by atoms with Crippen LogP contribution in [0.2, 0.25) is 0 Å². The first-order valence-electron chi connectivity index (χ1n) is 7.45. The highest BCUT2D eigenvalue weighted by Crippen LogP contribution is 2.29. The molecule has 1 saturated heterocycles. The van der Waals surface area contributed by atoms with E-state index in [-0.39, 0.29) is 6.03 Å². The first kappa shape index (κ1) is 13.8. The minimum Gasteiger partial charge on any atom is -0.323 e. The van der Waals surface area contributed by atoms with Crippen LogP contribution in [0.3, 0.4) is 0 Å². The molecule has 1 aliphatic carbocycles. The van der Waals surface area contributed by atoms with Crippen molar-refractivity contribution in [3.05, 3.63) is 10.6 Å². The molecule has 2 aliphatic rings. The molecule has 20 heavy (non-hydrogen) atoms. The summed E-state index contributed by atoms with van der Waals surface area (Å²) in [4.78, 5) is 22.4. The minimum atomic E-state index is 0.00592. The molecule has 0 atom stereocenters. The van der Waals surface area contributed by atoms with Crippen LogP contribution in [0.1, 0.15) is 29.8 Å². The summed E-state index contributed by atoms with van der Waals surface area (Å²) >= 11 is 1.65. The van der Waals surface area contributed by atoms with E-state index in [1.54, 1.807) is 11.3 Å². The molecule has 0 saturated carbocycles. The molecule has 3 rings (SSSR count). The molecule has 0 aromatic carbocycles. The summed E-state index contributed by atoms with van der Waals surface area (Å²) in [6.45, 7) is 3.64. The van der Waals surface area contributed by atoms with E-state index >= 15 is 0 Å². The van der Waals surface area contributed by atoms with E-state index in [4.69, 9.17) is 0 Å². The molecule has 1 aromatic rings. The number of thiazole rings is 1. The SMILES string of the molecule is CN1CCCN(C(=O)Nc2nc3c(s2)CCCC3)CC1. The predicted molar refractivity (Wildman–Crippen MR) is 81.5 cm³/mol. The number of urea groups is 1. The van der Waals surface area contributed by atoms with Crippen molar-refractivity contribution in [2.75, 3.05) is 38.5 Å². The number of likely N-dealkylation sites (N-methyl/N-ethyl adjacent to an activating group) is 1. The predicted octanol–water partition coefficient (Wildman–Crippen LogP) is 2.19. The Hall–Kier alpha value is -1.14. The highest BCUT2D eigenvalue weighted by molar-refractivity contribution is 7.15. The number of amides is 2. The Morgan fingerprint density at radius 3 is 2.85 bits per heavy atom. The second-order valence-corrected chi connectivity index (χ2v) is 6.75. The van der Waals surface area contributed by atoms with E-state index in [9.17, 15) is 4.79 Å². The van der Waals surface area contributed by atoms with Crippen LogP contribution in [-0.4, -0.2) is 54.0 Å². The summed E-state index contributed by atoms with van der Waals surface area (Å²) in [6.07, 6.45) is 5.70. The van der Waals surface area contributed by atoms with Gasteiger partial charge in [0.1, 0.15) is 0 Å². The Kier molecular flexibility index (Phi) is 4.21. The Morgan fingerprint density at radius 2 is 2.00 bits per heavy atom. The zero-order valence-electron chi connectivity index (χ0n) is 12.0. The third kappa shape index (κ3) is 3.12. The molecule has 0 spiro atoms. The lowest BCUT2D eigenvalue weighted by Crippen LogP contribution is -2.37. The van der Waals surface area contributed by atoms with Crippen molar-refractivity contribution in [1.29, 1.82) is 0 Å². The van der Waals surface area contributed by atoms with Crippen molar-refractivity contribution >= 4 is 22.5 Å². The molecule has 5 nitrogen and oxygen atoms in total. The zero-order valence-corrected chi connectivity index (χ0v) is 12.8. The van der Waals surface area contributed by atoms with Crippen molar-refractivity contribution < 1.29 is 4.79 Å². The molecule has 0 unspecified atom stereocenters. The van der Waals surface area contributed by atoms with Crippen molar-refractivity contribution in [2.45, 2.75) is 32.1 Å². The maximum atomic E-state index is 12.3. The Labute approximate surface area is 124 Å². The van der Waals surface area contributed by atoms with Crippen LogP contribution in [0.25, 0.3) is 0 Å². The number of nitrogens with zero attached hydrogens (tertiary/aromatic N) is 3. The highest BCUT2D eigenvalue weighted by Gasteiger charge is 2.20. The van der Waals surface area contributed by atoms with E-state index in [0.29, 0.717) is 0 Å². The molecule has 6 heteroatoms. The van der Waals surface area contributed by atoms with Gasteiger partial charge in [-0.05, 0) is 45.7 Å². The van der Waals surface area contributed by atoms with Gasteiger partial charge in [-0.3, -0.25) is 5.32 Å². The fourth-order valence-corrected chi connectivity index (χ4v) is 3.87. The molecule has 0 bridgehead atoms. The molecular weight excluding hydrogens is 272 g/mol. The number of rotatable bonds is 1. The van der Waals surface area contributed by atoms with E-state index in [1.807, 2.05) is 4.90 Å². The lowest BCUT2D eigenvalue weighted by Gasteiger charge is -2.20. The normalized spacial score (nSPS) is 20.4. The fourth-order valence-electron chi connectivity index (χ4n) is 2.83. The van der Waals surface area contributed by atoms with Crippen molar-refractivity contribution in [1.82, 2.24) is 14.8 Å². The topological polar surface area (TPSA) is 48.5 Å². The highest BCUT2D eigenvalue weighted by atomic mass is 32.1. The van der Waals surface area contributed by atoms with E-state index in [1.165, 1.54) is 23.4 Å². The van der Waals surface area contributed by atoms with Gasteiger partial charge in [0.15, 0.2) is 5.13 Å². The monoisotopic (exact) mass is 294 g/mol. The van der Waals surface area contributed by atoms with Gasteiger partial charge in [-0.25, -0.2) is 9.78 Å². The molecule has 0 radical (unpaired) electrons. The quantitative estimate of drug-likeness (QED) is 0.864. The summed E-state index contributed by atoms with van der Waals surface area (Å²) in [5.74, 6) is 0. The van der Waals surface area contributed by atoms with Gasteiger partial charge in [0.2, 0.25) is 0 Å². The van der Waals surface area contributed by atoms with Gasteiger partial charge in [-0.2, -0.15) is 0 Å². The Morgan fingerprint density at radius 1 is 1.15 bits per heavy atom. The smallest absolute Gasteiger partial charge is 0.323 e. The average molecular weight is 294 g/mol. The number of carbonyl (C=O) groups is 1. The summed E-state index contributed by atoms with van der Waals surface area (Å²) < 4.78 is 0. The van der Waals surface area contributed by atoms with Gasteiger partial charge >= 0.3 is 6.03 Å². The number of hydrogen-bond acceptors (Lipinski definition) is 4. The number of anilines is 1. The largest absolute Gasteiger partial charge is 0.323 e. The fraction of sp³-hybridized carbons (Fsp3) is 0.714. The van der Waals surface area contributed by atoms with E-state index < -0.39 is 0 Å². The van der Waals surface area contributed by atoms with Gasteiger partial charge < -0.3 is 9.80 Å². The summed E-state index contributed by atoms with van der Waals surface area (Å²) in [6, 6.07) is 0.00592. The van der Waals surface area contributed by atoms with Gasteiger partial charge in [-0.15, -0.1) is 11.3 Å². The van der Waals surface area contributed by atoms with Gasteiger partial charge in [-0.1, -0.05) is 0 Å². The summed E-state index contributed by atoms with van der Waals surface area (Å²) in [7, 11) is 2.11. The second kappa shape index (κ2) is 6.10. The lowest BCUT2D eigenvalue weighted by molar-refractivity contribution is 0.213. The Bertz CT molecular complexity index is 464. The number of aromatic nitrogens is 1. The van der Waals surface area contributed by atoms with Gasteiger partial charge in [0.05, 0.1) is 5.69 Å². The standard InChI is InChI=1S/C14H22N4OS/c1-17-7-4-8-18(10-9-17)14(19)16-13-15-11-5-2-3-6-12(11)20-13/h2-10H2,1H3,(H,15,16,19). The molecule has 1 N–H and O–H groups in total. The van der Waals surface area contributed by atoms with Gasteiger partial charge in [0.25, 0.3) is 0 Å². The summed E-state index contributed by atoms with van der Waals surface area (Å²) in [5.41, 5.74) is 1.20. The number of fused-ring (bicyclic) bond motifs is 1. The third-order valence-corrected chi connectivity index (χ3v) is 5.14. The van der Waals surface area contributed by atoms with Crippen molar-refractivity contribution in [3.63, 3.8) is 0 Å². The van der Waals surface area contributed by atoms with Crippen LogP contribution >= 0.6 is 11.3 Å². The first-order chi connectivity index (χ1) is 9.72. The Balaban J connectivity index is 1.62. The summed E-state index contributed by atoms with van der Waals surface area (Å²) in [5, 5.41) is 3.76. The molecule has 2 amide bonds. The molecule has 1 aromatic heterocycles. The lowest BCUT2D eigenvalue weighted by atomic mass is 10.0. The van der Waals surface area contributed by atoms with Crippen LogP contribution in [0, 0.1) is 0 Å². The molecule has 1 aliphatic heterocycles. The first-order valence-corrected chi connectivity index (χ1v) is 8.27. The number of carbonyl (C=O) groups excluding carboxylic acids is 1.